The molecule has 1 unspecified atom stereocenters. The zero-order chi connectivity index (χ0) is 17.6. The number of carbonyl (C=O) groups excluding carboxylic acids is 1. The normalized spacial score (nSPS) is 15.6. The largest absolute Gasteiger partial charge is 0.504 e. The monoisotopic (exact) mass is 342 g/mol. The molecule has 1 aliphatic rings. The Hall–Kier alpha value is -2.89. The fraction of sp³-hybridized carbons (Fsp3) is 0.316. The summed E-state index contributed by atoms with van der Waals surface area (Å²) in [5, 5.41) is 15.4. The number of hydrogen-bond acceptors (Lipinski definition) is 4. The zero-order valence-electron chi connectivity index (χ0n) is 14.1. The Bertz CT molecular complexity index is 748. The van der Waals surface area contributed by atoms with Crippen molar-refractivity contribution in [2.75, 3.05) is 20.3 Å². The molecule has 1 heterocycles. The van der Waals surface area contributed by atoms with E-state index in [9.17, 15) is 9.90 Å². The van der Waals surface area contributed by atoms with Crippen molar-refractivity contribution in [3.63, 3.8) is 0 Å². The van der Waals surface area contributed by atoms with Crippen molar-refractivity contribution < 1.29 is 19.4 Å². The lowest BCUT2D eigenvalue weighted by molar-refractivity contribution is 0.211. The molecule has 0 spiro atoms. The minimum Gasteiger partial charge on any atom is -0.504 e. The number of phenols is 1. The average Bonchev–Trinajstić information content (AvgIpc) is 2.64. The van der Waals surface area contributed by atoms with Crippen molar-refractivity contribution in [3.8, 4) is 17.2 Å². The van der Waals surface area contributed by atoms with Gasteiger partial charge in [-0.15, -0.1) is 0 Å². The molecule has 0 saturated heterocycles. The van der Waals surface area contributed by atoms with Crippen molar-refractivity contribution >= 4 is 6.03 Å². The van der Waals surface area contributed by atoms with Crippen LogP contribution in [0.15, 0.2) is 42.5 Å². The maximum atomic E-state index is 12.0. The highest BCUT2D eigenvalue weighted by Crippen LogP contribution is 2.27. The molecule has 6 heteroatoms. The maximum absolute atomic E-state index is 12.0. The number of amides is 2. The molecule has 3 N–H and O–H groups in total. The molecule has 1 atom stereocenters. The van der Waals surface area contributed by atoms with Crippen LogP contribution < -0.4 is 20.1 Å². The Kier molecular flexibility index (Phi) is 5.28. The molecular weight excluding hydrogens is 320 g/mol. The average molecular weight is 342 g/mol. The first kappa shape index (κ1) is 17.0. The number of aromatic hydroxyl groups is 1. The van der Waals surface area contributed by atoms with Gasteiger partial charge in [0.25, 0.3) is 0 Å². The molecule has 2 amide bonds. The van der Waals surface area contributed by atoms with Crippen LogP contribution in [0.2, 0.25) is 0 Å². The minimum atomic E-state index is -0.242. The number of para-hydroxylation sites is 1. The number of nitrogens with one attached hydrogen (secondary N) is 2. The Morgan fingerprint density at radius 3 is 2.92 bits per heavy atom. The Morgan fingerprint density at radius 2 is 2.12 bits per heavy atom. The van der Waals surface area contributed by atoms with Crippen molar-refractivity contribution in [1.29, 1.82) is 0 Å². The number of hydrogen-bond donors (Lipinski definition) is 3. The summed E-state index contributed by atoms with van der Waals surface area (Å²) in [4.78, 5) is 12.0. The van der Waals surface area contributed by atoms with Gasteiger partial charge in [0.05, 0.1) is 13.7 Å². The summed E-state index contributed by atoms with van der Waals surface area (Å²) < 4.78 is 10.7. The van der Waals surface area contributed by atoms with Crippen molar-refractivity contribution in [1.82, 2.24) is 10.6 Å². The Balaban J connectivity index is 1.44. The number of phenolic OH excluding ortho intramolecular Hbond substituents is 1. The van der Waals surface area contributed by atoms with E-state index in [1.807, 2.05) is 18.2 Å². The van der Waals surface area contributed by atoms with Gasteiger partial charge in [0.15, 0.2) is 11.5 Å². The van der Waals surface area contributed by atoms with Gasteiger partial charge in [-0.1, -0.05) is 24.3 Å². The van der Waals surface area contributed by atoms with Gasteiger partial charge in [-0.25, -0.2) is 4.79 Å². The quantitative estimate of drug-likeness (QED) is 0.780. The molecular formula is C19H22N2O4. The number of urea groups is 1. The van der Waals surface area contributed by atoms with E-state index in [-0.39, 0.29) is 17.7 Å². The van der Waals surface area contributed by atoms with Crippen LogP contribution in [-0.2, 0) is 13.0 Å². The third kappa shape index (κ3) is 4.35. The van der Waals surface area contributed by atoms with Crippen LogP contribution in [0.4, 0.5) is 4.79 Å². The van der Waals surface area contributed by atoms with E-state index < -0.39 is 0 Å². The van der Waals surface area contributed by atoms with Crippen molar-refractivity contribution in [2.24, 2.45) is 5.92 Å². The highest BCUT2D eigenvalue weighted by molar-refractivity contribution is 5.73. The van der Waals surface area contributed by atoms with E-state index in [2.05, 4.69) is 16.7 Å². The number of fused-ring (bicyclic) bond motifs is 1. The van der Waals surface area contributed by atoms with E-state index in [4.69, 9.17) is 9.47 Å². The third-order valence-electron chi connectivity index (χ3n) is 4.20. The molecule has 25 heavy (non-hydrogen) atoms. The second-order valence-electron chi connectivity index (χ2n) is 6.06. The number of ether oxygens (including phenoxy) is 2. The summed E-state index contributed by atoms with van der Waals surface area (Å²) in [6.45, 7) is 1.48. The fourth-order valence-corrected chi connectivity index (χ4v) is 2.85. The van der Waals surface area contributed by atoms with Crippen molar-refractivity contribution in [3.05, 3.63) is 53.6 Å². The molecule has 2 aromatic carbocycles. The predicted octanol–water partition coefficient (Wildman–Crippen LogP) is 2.45. The topological polar surface area (TPSA) is 79.8 Å². The summed E-state index contributed by atoms with van der Waals surface area (Å²) in [5.74, 6) is 1.65. The second kappa shape index (κ2) is 7.79. The smallest absolute Gasteiger partial charge is 0.315 e. The molecule has 1 aliphatic heterocycles. The van der Waals surface area contributed by atoms with Gasteiger partial charge < -0.3 is 25.2 Å². The molecule has 0 fully saturated rings. The van der Waals surface area contributed by atoms with Crippen LogP contribution in [0.3, 0.4) is 0 Å². The van der Waals surface area contributed by atoms with Crippen LogP contribution >= 0.6 is 0 Å². The molecule has 0 saturated carbocycles. The molecule has 0 aliphatic carbocycles. The van der Waals surface area contributed by atoms with Gasteiger partial charge in [0, 0.05) is 19.0 Å². The number of methoxy groups -OCH3 is 1. The SMILES string of the molecule is COc1ccc(CNC(=O)NCC2COc3ccccc3C2)cc1O. The van der Waals surface area contributed by atoms with Gasteiger partial charge in [0.2, 0.25) is 0 Å². The molecule has 132 valence electrons. The molecule has 0 bridgehead atoms. The van der Waals surface area contributed by atoms with E-state index in [0.29, 0.717) is 25.4 Å². The third-order valence-corrected chi connectivity index (χ3v) is 4.20. The number of benzene rings is 2. The van der Waals surface area contributed by atoms with Gasteiger partial charge >= 0.3 is 6.03 Å². The summed E-state index contributed by atoms with van der Waals surface area (Å²) in [7, 11) is 1.49. The van der Waals surface area contributed by atoms with Crippen molar-refractivity contribution in [2.45, 2.75) is 13.0 Å². The first-order chi connectivity index (χ1) is 12.2. The molecule has 0 radical (unpaired) electrons. The van der Waals surface area contributed by atoms with Crippen LogP contribution in [0.25, 0.3) is 0 Å². The predicted molar refractivity (Wildman–Crippen MR) is 94.0 cm³/mol. The van der Waals surface area contributed by atoms with Crippen LogP contribution in [0.5, 0.6) is 17.2 Å². The van der Waals surface area contributed by atoms with E-state index in [0.717, 1.165) is 17.7 Å². The summed E-state index contributed by atoms with van der Waals surface area (Å²) >= 11 is 0. The molecule has 0 aromatic heterocycles. The maximum Gasteiger partial charge on any atom is 0.315 e. The Labute approximate surface area is 146 Å². The minimum absolute atomic E-state index is 0.0558. The first-order valence-corrected chi connectivity index (χ1v) is 8.24. The highest BCUT2D eigenvalue weighted by Gasteiger charge is 2.19. The van der Waals surface area contributed by atoms with E-state index >= 15 is 0 Å². The number of carbonyl (C=O) groups is 1. The summed E-state index contributed by atoms with van der Waals surface area (Å²) in [6, 6.07) is 12.8. The lowest BCUT2D eigenvalue weighted by atomic mass is 9.97. The summed E-state index contributed by atoms with van der Waals surface area (Å²) in [6.07, 6.45) is 0.892. The highest BCUT2D eigenvalue weighted by atomic mass is 16.5. The summed E-state index contributed by atoms with van der Waals surface area (Å²) in [5.41, 5.74) is 1.97. The standard InChI is InChI=1S/C19H22N2O4/c1-24-18-7-6-13(9-16(18)22)10-20-19(23)21-11-14-8-15-4-2-3-5-17(15)25-12-14/h2-7,9,14,22H,8,10-12H2,1H3,(H2,20,21,23). The fourth-order valence-electron chi connectivity index (χ4n) is 2.85. The molecule has 2 aromatic rings. The van der Waals surface area contributed by atoms with Gasteiger partial charge in [-0.05, 0) is 35.7 Å². The molecule has 3 rings (SSSR count). The Morgan fingerprint density at radius 1 is 1.28 bits per heavy atom. The lowest BCUT2D eigenvalue weighted by Gasteiger charge is -2.25. The zero-order valence-corrected chi connectivity index (χ0v) is 14.1. The second-order valence-corrected chi connectivity index (χ2v) is 6.06. The first-order valence-electron chi connectivity index (χ1n) is 8.24. The van der Waals surface area contributed by atoms with Gasteiger partial charge in [0.1, 0.15) is 5.75 Å². The van der Waals surface area contributed by atoms with Gasteiger partial charge in [-0.2, -0.15) is 0 Å². The number of rotatable bonds is 5. The van der Waals surface area contributed by atoms with Gasteiger partial charge in [-0.3, -0.25) is 0 Å². The van der Waals surface area contributed by atoms with Crippen LogP contribution in [-0.4, -0.2) is 31.4 Å². The van der Waals surface area contributed by atoms with Crippen LogP contribution in [0, 0.1) is 5.92 Å². The lowest BCUT2D eigenvalue weighted by Crippen LogP contribution is -2.40. The van der Waals surface area contributed by atoms with Crippen LogP contribution in [0.1, 0.15) is 11.1 Å². The molecule has 6 nitrogen and oxygen atoms in total. The van der Waals surface area contributed by atoms with E-state index in [1.165, 1.54) is 12.7 Å². The van der Waals surface area contributed by atoms with E-state index in [1.54, 1.807) is 18.2 Å².